The minimum atomic E-state index is -3.96. The van der Waals surface area contributed by atoms with Gasteiger partial charge in [-0.3, -0.25) is 4.90 Å². The number of hydrogen-bond donors (Lipinski definition) is 1. The normalized spacial score (nSPS) is 12.4. The van der Waals surface area contributed by atoms with Gasteiger partial charge >= 0.3 is 0 Å². The summed E-state index contributed by atoms with van der Waals surface area (Å²) in [4.78, 5) is 11.5. The lowest BCUT2D eigenvalue weighted by Gasteiger charge is -2.31. The molecule has 1 aromatic heterocycles. The number of anilines is 1. The predicted octanol–water partition coefficient (Wildman–Crippen LogP) is 6.62. The fourth-order valence-electron chi connectivity index (χ4n) is 4.13. The highest BCUT2D eigenvalue weighted by Crippen LogP contribution is 2.32. The quantitative estimate of drug-likeness (QED) is 0.224. The molecule has 4 rings (SSSR count). The maximum Gasteiger partial charge on any atom is 0.264 e. The number of pyridine rings is 1. The van der Waals surface area contributed by atoms with Crippen molar-refractivity contribution in [3.05, 3.63) is 89.7 Å². The summed E-state index contributed by atoms with van der Waals surface area (Å²) in [5, 5.41) is 1.34. The van der Waals surface area contributed by atoms with Crippen LogP contribution in [0.4, 0.5) is 10.2 Å². The van der Waals surface area contributed by atoms with Gasteiger partial charge in [-0.1, -0.05) is 53.6 Å². The molecule has 4 aromatic rings. The summed E-state index contributed by atoms with van der Waals surface area (Å²) in [5.41, 5.74) is 3.66. The first-order chi connectivity index (χ1) is 17.9. The number of aromatic nitrogens is 1. The van der Waals surface area contributed by atoms with Crippen LogP contribution >= 0.6 is 0 Å². The molecule has 1 heterocycles. The van der Waals surface area contributed by atoms with Gasteiger partial charge in [-0.2, -0.15) is 0 Å². The van der Waals surface area contributed by atoms with Crippen LogP contribution in [0.3, 0.4) is 0 Å². The molecule has 0 aliphatic rings. The Kier molecular flexibility index (Phi) is 7.83. The number of fused-ring (bicyclic) bond motifs is 1. The lowest BCUT2D eigenvalue weighted by molar-refractivity contribution is 0.591. The Labute approximate surface area is 224 Å². The lowest BCUT2D eigenvalue weighted by Crippen LogP contribution is -2.48. The first kappa shape index (κ1) is 27.3. The molecule has 0 amide bonds. The number of rotatable bonds is 6. The topological polar surface area (TPSA) is 74.7 Å². The van der Waals surface area contributed by atoms with E-state index in [-0.39, 0.29) is 22.9 Å². The molecule has 0 radical (unpaired) electrons. The van der Waals surface area contributed by atoms with Crippen molar-refractivity contribution in [2.45, 2.75) is 58.5 Å². The monoisotopic (exact) mass is 532 g/mol. The second-order valence-electron chi connectivity index (χ2n) is 9.99. The fourth-order valence-corrected chi connectivity index (χ4v) is 5.13. The van der Waals surface area contributed by atoms with E-state index < -0.39 is 15.8 Å². The third kappa shape index (κ3) is 6.02. The van der Waals surface area contributed by atoms with Crippen molar-refractivity contribution < 1.29 is 12.8 Å². The van der Waals surface area contributed by atoms with Crippen LogP contribution in [-0.4, -0.2) is 31.4 Å². The smallest absolute Gasteiger partial charge is 0.264 e. The van der Waals surface area contributed by atoms with E-state index in [4.69, 9.17) is 4.98 Å². The van der Waals surface area contributed by atoms with Gasteiger partial charge in [-0.15, -0.1) is 0 Å². The number of hydrogen-bond acceptors (Lipinski definition) is 4. The van der Waals surface area contributed by atoms with Crippen LogP contribution in [0.5, 0.6) is 0 Å². The zero-order chi connectivity index (χ0) is 27.6. The Morgan fingerprint density at radius 3 is 2.08 bits per heavy atom. The number of sulfonamides is 1. The van der Waals surface area contributed by atoms with E-state index in [1.807, 2.05) is 71.9 Å². The zero-order valence-corrected chi connectivity index (χ0v) is 23.3. The summed E-state index contributed by atoms with van der Waals surface area (Å²) in [6.45, 7) is 11.5. The molecule has 0 aliphatic heterocycles. The van der Waals surface area contributed by atoms with Gasteiger partial charge in [-0.05, 0) is 77.3 Å². The summed E-state index contributed by atoms with van der Waals surface area (Å²) in [6, 6.07) is 20.6. The molecule has 198 valence electrons. The van der Waals surface area contributed by atoms with Crippen LogP contribution in [0.2, 0.25) is 0 Å². The third-order valence-electron chi connectivity index (χ3n) is 6.03. The zero-order valence-electron chi connectivity index (χ0n) is 22.5. The Balaban J connectivity index is 1.92. The SMILES string of the molecule is Cc1ccc(-c2cc3ccc(F)cc3c(N(C(=NC(C)C)NS(=O)(=O)c3ccc(C)cc3)C(C)C)n2)cc1. The average Bonchev–Trinajstić information content (AvgIpc) is 2.84. The van der Waals surface area contributed by atoms with Gasteiger partial charge in [0.25, 0.3) is 10.0 Å². The Hall–Kier alpha value is -3.78. The van der Waals surface area contributed by atoms with Crippen LogP contribution in [0, 0.1) is 19.7 Å². The lowest BCUT2D eigenvalue weighted by atomic mass is 10.0. The molecule has 0 unspecified atom stereocenters. The van der Waals surface area contributed by atoms with Gasteiger partial charge in [0, 0.05) is 23.0 Å². The first-order valence-electron chi connectivity index (χ1n) is 12.6. The van der Waals surface area contributed by atoms with Crippen molar-refractivity contribution in [1.82, 2.24) is 9.71 Å². The number of aliphatic imine (C=N–C) groups is 1. The van der Waals surface area contributed by atoms with Crippen LogP contribution in [0.25, 0.3) is 22.0 Å². The molecule has 6 nitrogen and oxygen atoms in total. The molecule has 3 aromatic carbocycles. The van der Waals surface area contributed by atoms with Gasteiger partial charge in [0.1, 0.15) is 11.6 Å². The molecule has 38 heavy (non-hydrogen) atoms. The van der Waals surface area contributed by atoms with E-state index in [2.05, 4.69) is 9.71 Å². The van der Waals surface area contributed by atoms with Crippen molar-refractivity contribution in [3.63, 3.8) is 0 Å². The highest BCUT2D eigenvalue weighted by atomic mass is 32.2. The van der Waals surface area contributed by atoms with Crippen LogP contribution < -0.4 is 9.62 Å². The summed E-state index contributed by atoms with van der Waals surface area (Å²) >= 11 is 0. The molecule has 0 saturated carbocycles. The van der Waals surface area contributed by atoms with Crippen LogP contribution in [0.15, 0.2) is 82.7 Å². The maximum absolute atomic E-state index is 14.5. The molecular formula is C30H33FN4O2S. The number of nitrogens with zero attached hydrogens (tertiary/aromatic N) is 3. The van der Waals surface area contributed by atoms with E-state index >= 15 is 0 Å². The fraction of sp³-hybridized carbons (Fsp3) is 0.267. The summed E-state index contributed by atoms with van der Waals surface area (Å²) in [7, 11) is -3.96. The summed E-state index contributed by atoms with van der Waals surface area (Å²) in [6.07, 6.45) is 0. The second-order valence-corrected chi connectivity index (χ2v) is 11.7. The van der Waals surface area contributed by atoms with Crippen molar-refractivity contribution in [3.8, 4) is 11.3 Å². The van der Waals surface area contributed by atoms with E-state index in [0.29, 0.717) is 16.9 Å². The molecule has 0 bridgehead atoms. The minimum Gasteiger partial charge on any atom is -0.293 e. The maximum atomic E-state index is 14.5. The van der Waals surface area contributed by atoms with E-state index in [1.54, 1.807) is 35.2 Å². The standard InChI is InChI=1S/C30H33FN4O2S/c1-19(2)32-30(34-38(36,37)26-15-9-22(6)10-16-26)35(20(3)4)29-27-18-25(31)14-13-24(27)17-28(33-29)23-11-7-21(5)8-12-23/h7-20H,1-6H3,(H,32,34). The number of benzene rings is 3. The predicted molar refractivity (Wildman–Crippen MR) is 154 cm³/mol. The molecule has 0 fully saturated rings. The Morgan fingerprint density at radius 2 is 1.50 bits per heavy atom. The molecule has 0 aliphatic carbocycles. The Morgan fingerprint density at radius 1 is 0.895 bits per heavy atom. The van der Waals surface area contributed by atoms with Gasteiger partial charge < -0.3 is 0 Å². The second kappa shape index (κ2) is 10.9. The highest BCUT2D eigenvalue weighted by Gasteiger charge is 2.27. The molecule has 0 spiro atoms. The highest BCUT2D eigenvalue weighted by molar-refractivity contribution is 7.90. The third-order valence-corrected chi connectivity index (χ3v) is 7.38. The number of halogens is 1. The Bertz CT molecular complexity index is 1580. The van der Waals surface area contributed by atoms with Gasteiger partial charge in [0.2, 0.25) is 5.96 Å². The van der Waals surface area contributed by atoms with Crippen molar-refractivity contribution in [1.29, 1.82) is 0 Å². The van der Waals surface area contributed by atoms with Gasteiger partial charge in [0.05, 0.1) is 10.6 Å². The molecule has 1 N–H and O–H groups in total. The summed E-state index contributed by atoms with van der Waals surface area (Å²) in [5.74, 6) is 0.128. The van der Waals surface area contributed by atoms with Crippen molar-refractivity contribution in [2.75, 3.05) is 4.90 Å². The molecule has 8 heteroatoms. The number of guanidine groups is 1. The van der Waals surface area contributed by atoms with Crippen molar-refractivity contribution >= 4 is 32.6 Å². The van der Waals surface area contributed by atoms with Gasteiger partial charge in [0.15, 0.2) is 0 Å². The van der Waals surface area contributed by atoms with Crippen LogP contribution in [0.1, 0.15) is 38.8 Å². The van der Waals surface area contributed by atoms with Crippen LogP contribution in [-0.2, 0) is 10.0 Å². The summed E-state index contributed by atoms with van der Waals surface area (Å²) < 4.78 is 44.1. The molecular weight excluding hydrogens is 499 g/mol. The van der Waals surface area contributed by atoms with Crippen molar-refractivity contribution in [2.24, 2.45) is 4.99 Å². The molecule has 0 atom stereocenters. The van der Waals surface area contributed by atoms with E-state index in [9.17, 15) is 12.8 Å². The number of aryl methyl sites for hydroxylation is 2. The largest absolute Gasteiger partial charge is 0.293 e. The minimum absolute atomic E-state index is 0.120. The average molecular weight is 533 g/mol. The van der Waals surface area contributed by atoms with Gasteiger partial charge in [-0.25, -0.2) is 27.5 Å². The molecule has 0 saturated heterocycles. The van der Waals surface area contributed by atoms with E-state index in [1.165, 1.54) is 12.1 Å². The van der Waals surface area contributed by atoms with E-state index in [0.717, 1.165) is 22.1 Å². The number of nitrogens with one attached hydrogen (secondary N) is 1. The first-order valence-corrected chi connectivity index (χ1v) is 14.1.